The van der Waals surface area contributed by atoms with E-state index in [9.17, 15) is 14.7 Å². The molecule has 1 aliphatic carbocycles. The van der Waals surface area contributed by atoms with E-state index < -0.39 is 5.60 Å². The molecule has 0 unspecified atom stereocenters. The fourth-order valence-electron chi connectivity index (χ4n) is 5.11. The Hall–Kier alpha value is -1.53. The number of thioether (sulfide) groups is 1. The number of nitrogens with zero attached hydrogens (tertiary/aromatic N) is 1. The van der Waals surface area contributed by atoms with Gasteiger partial charge < -0.3 is 15.3 Å². The minimum absolute atomic E-state index is 0.0132. The van der Waals surface area contributed by atoms with Gasteiger partial charge in [-0.05, 0) is 75.8 Å². The third-order valence-corrected chi connectivity index (χ3v) is 7.30. The highest BCUT2D eigenvalue weighted by molar-refractivity contribution is 7.98. The van der Waals surface area contributed by atoms with Gasteiger partial charge in [0.2, 0.25) is 0 Å². The molecule has 2 saturated heterocycles. The van der Waals surface area contributed by atoms with Crippen molar-refractivity contribution < 1.29 is 14.7 Å². The molecule has 3 aliphatic rings. The van der Waals surface area contributed by atoms with Crippen molar-refractivity contribution in [2.75, 3.05) is 6.26 Å². The Morgan fingerprint density at radius 1 is 1.26 bits per heavy atom. The van der Waals surface area contributed by atoms with E-state index in [0.29, 0.717) is 18.4 Å². The normalized spacial score (nSPS) is 28.6. The summed E-state index contributed by atoms with van der Waals surface area (Å²) in [7, 11) is 0. The first-order valence-corrected chi connectivity index (χ1v) is 11.2. The van der Waals surface area contributed by atoms with Crippen molar-refractivity contribution in [3.05, 3.63) is 29.3 Å². The van der Waals surface area contributed by atoms with Gasteiger partial charge in [0, 0.05) is 10.9 Å². The van der Waals surface area contributed by atoms with Crippen molar-refractivity contribution in [1.82, 2.24) is 10.2 Å². The van der Waals surface area contributed by atoms with Gasteiger partial charge in [-0.25, -0.2) is 0 Å². The maximum Gasteiger partial charge on any atom is 0.255 e. The quantitative estimate of drug-likeness (QED) is 0.778. The monoisotopic (exact) mass is 388 g/mol. The Labute approximate surface area is 164 Å². The molecule has 1 aromatic rings. The van der Waals surface area contributed by atoms with Crippen molar-refractivity contribution in [3.8, 4) is 0 Å². The van der Waals surface area contributed by atoms with Gasteiger partial charge in [-0.1, -0.05) is 6.07 Å². The number of aliphatic hydroxyl groups is 1. The fourth-order valence-corrected chi connectivity index (χ4v) is 5.79. The summed E-state index contributed by atoms with van der Waals surface area (Å²) in [5.41, 5.74) is 0.656. The molecule has 5 nitrogen and oxygen atoms in total. The number of amides is 2. The van der Waals surface area contributed by atoms with Crippen LogP contribution in [0, 0.1) is 6.92 Å². The summed E-state index contributed by atoms with van der Waals surface area (Å²) in [4.78, 5) is 28.8. The van der Waals surface area contributed by atoms with Crippen molar-refractivity contribution in [2.45, 2.75) is 80.5 Å². The van der Waals surface area contributed by atoms with E-state index in [4.69, 9.17) is 0 Å². The highest BCUT2D eigenvalue weighted by atomic mass is 32.2. The van der Waals surface area contributed by atoms with Crippen LogP contribution in [0.15, 0.2) is 23.1 Å². The van der Waals surface area contributed by atoms with Gasteiger partial charge in [-0.15, -0.1) is 11.8 Å². The van der Waals surface area contributed by atoms with E-state index >= 15 is 0 Å². The first-order valence-electron chi connectivity index (χ1n) is 9.93. The smallest absolute Gasteiger partial charge is 0.255 e. The lowest BCUT2D eigenvalue weighted by Crippen LogP contribution is -2.52. The average molecular weight is 389 g/mol. The number of hydrogen-bond acceptors (Lipinski definition) is 4. The molecule has 0 radical (unpaired) electrons. The highest BCUT2D eigenvalue weighted by Gasteiger charge is 2.54. The molecule has 146 valence electrons. The predicted octanol–water partition coefficient (Wildman–Crippen LogP) is 2.88. The molecule has 1 aromatic carbocycles. The van der Waals surface area contributed by atoms with Crippen molar-refractivity contribution in [1.29, 1.82) is 0 Å². The molecule has 0 aromatic heterocycles. The second kappa shape index (κ2) is 7.13. The SMILES string of the molecule is CSc1cc(C)ccc1C(=O)N[C@@H]1C[C@H]2CC[C@@H]1N2C(=O)C1(O)CCCC1. The topological polar surface area (TPSA) is 69.6 Å². The van der Waals surface area contributed by atoms with Crippen LogP contribution in [0.3, 0.4) is 0 Å². The Morgan fingerprint density at radius 3 is 2.70 bits per heavy atom. The average Bonchev–Trinajstić information content (AvgIpc) is 3.35. The Balaban J connectivity index is 1.49. The molecule has 2 N–H and O–H groups in total. The molecule has 3 atom stereocenters. The minimum Gasteiger partial charge on any atom is -0.380 e. The second-order valence-electron chi connectivity index (χ2n) is 8.27. The van der Waals surface area contributed by atoms with Gasteiger partial charge >= 0.3 is 0 Å². The molecule has 4 rings (SSSR count). The fraction of sp³-hybridized carbons (Fsp3) is 0.619. The predicted molar refractivity (Wildman–Crippen MR) is 106 cm³/mol. The van der Waals surface area contributed by atoms with Gasteiger partial charge in [0.15, 0.2) is 0 Å². The van der Waals surface area contributed by atoms with Crippen molar-refractivity contribution in [3.63, 3.8) is 0 Å². The zero-order valence-electron chi connectivity index (χ0n) is 16.0. The molecule has 1 saturated carbocycles. The summed E-state index contributed by atoms with van der Waals surface area (Å²) in [6, 6.07) is 6.01. The van der Waals surface area contributed by atoms with Crippen LogP contribution < -0.4 is 5.32 Å². The van der Waals surface area contributed by atoms with E-state index in [1.165, 1.54) is 0 Å². The summed E-state index contributed by atoms with van der Waals surface area (Å²) in [6.45, 7) is 2.02. The number of carbonyl (C=O) groups is 2. The Kier molecular flexibility index (Phi) is 4.97. The number of hydrogen-bond donors (Lipinski definition) is 2. The van der Waals surface area contributed by atoms with Crippen LogP contribution in [0.4, 0.5) is 0 Å². The number of aryl methyl sites for hydroxylation is 1. The first-order chi connectivity index (χ1) is 12.9. The summed E-state index contributed by atoms with van der Waals surface area (Å²) in [5, 5.41) is 13.9. The van der Waals surface area contributed by atoms with E-state index in [1.54, 1.807) is 11.8 Å². The highest BCUT2D eigenvalue weighted by Crippen LogP contribution is 2.42. The second-order valence-corrected chi connectivity index (χ2v) is 9.12. The summed E-state index contributed by atoms with van der Waals surface area (Å²) in [6.07, 6.45) is 7.61. The van der Waals surface area contributed by atoms with E-state index in [1.807, 2.05) is 36.3 Å². The molecule has 2 amide bonds. The minimum atomic E-state index is -1.18. The van der Waals surface area contributed by atoms with Gasteiger partial charge in [-0.3, -0.25) is 9.59 Å². The molecule has 2 heterocycles. The van der Waals surface area contributed by atoms with Crippen LogP contribution in [0.2, 0.25) is 0 Å². The number of fused-ring (bicyclic) bond motifs is 2. The van der Waals surface area contributed by atoms with Crippen LogP contribution in [-0.2, 0) is 4.79 Å². The lowest BCUT2D eigenvalue weighted by Gasteiger charge is -2.31. The third-order valence-electron chi connectivity index (χ3n) is 6.52. The van der Waals surface area contributed by atoms with Gasteiger partial charge in [0.25, 0.3) is 11.8 Å². The lowest BCUT2D eigenvalue weighted by atomic mass is 9.95. The van der Waals surface area contributed by atoms with Crippen molar-refractivity contribution in [2.24, 2.45) is 0 Å². The molecule has 0 spiro atoms. The Morgan fingerprint density at radius 2 is 2.00 bits per heavy atom. The molecule has 6 heteroatoms. The summed E-state index contributed by atoms with van der Waals surface area (Å²) in [5.74, 6) is -0.173. The zero-order valence-corrected chi connectivity index (χ0v) is 16.8. The zero-order chi connectivity index (χ0) is 19.2. The van der Waals surface area contributed by atoms with Crippen molar-refractivity contribution >= 4 is 23.6 Å². The maximum absolute atomic E-state index is 13.0. The molecular weight excluding hydrogens is 360 g/mol. The molecule has 27 heavy (non-hydrogen) atoms. The van der Waals surface area contributed by atoms with Crippen LogP contribution in [0.25, 0.3) is 0 Å². The first kappa shape index (κ1) is 18.8. The van der Waals surface area contributed by atoms with Crippen LogP contribution in [0.1, 0.15) is 60.9 Å². The van der Waals surface area contributed by atoms with E-state index in [-0.39, 0.29) is 29.9 Å². The molecule has 2 aliphatic heterocycles. The van der Waals surface area contributed by atoms with E-state index in [2.05, 4.69) is 5.32 Å². The summed E-state index contributed by atoms with van der Waals surface area (Å²) >= 11 is 1.57. The lowest BCUT2D eigenvalue weighted by molar-refractivity contribution is -0.152. The van der Waals surface area contributed by atoms with Crippen LogP contribution in [0.5, 0.6) is 0 Å². The molecule has 2 bridgehead atoms. The van der Waals surface area contributed by atoms with Gasteiger partial charge in [0.05, 0.1) is 17.6 Å². The van der Waals surface area contributed by atoms with Gasteiger partial charge in [-0.2, -0.15) is 0 Å². The number of rotatable bonds is 4. The maximum atomic E-state index is 13.0. The molecule has 3 fully saturated rings. The Bertz CT molecular complexity index is 760. The number of carbonyl (C=O) groups excluding carboxylic acids is 2. The largest absolute Gasteiger partial charge is 0.380 e. The van der Waals surface area contributed by atoms with Crippen LogP contribution in [-0.4, -0.2) is 51.8 Å². The number of nitrogens with one attached hydrogen (secondary N) is 1. The van der Waals surface area contributed by atoms with E-state index in [0.717, 1.165) is 42.6 Å². The standard InChI is InChI=1S/C21H28N2O3S/c1-13-5-7-15(18(11-13)27-2)19(24)22-16-12-14-6-8-17(16)23(14)20(25)21(26)9-3-4-10-21/h5,7,11,14,16-17,26H,3-4,6,8-10,12H2,1-2H3,(H,22,24)/t14-,16-,17+/m1/s1. The summed E-state index contributed by atoms with van der Waals surface area (Å²) < 4.78 is 0. The number of benzene rings is 1. The van der Waals surface area contributed by atoms with Crippen LogP contribution >= 0.6 is 11.8 Å². The molecular formula is C21H28N2O3S. The van der Waals surface area contributed by atoms with Gasteiger partial charge in [0.1, 0.15) is 5.60 Å². The third kappa shape index (κ3) is 3.27.